The van der Waals surface area contributed by atoms with Gasteiger partial charge in [-0.25, -0.2) is 0 Å². The van der Waals surface area contributed by atoms with Crippen LogP contribution in [0.1, 0.15) is 5.76 Å². The summed E-state index contributed by atoms with van der Waals surface area (Å²) < 4.78 is 16.3. The van der Waals surface area contributed by atoms with Crippen molar-refractivity contribution in [2.24, 2.45) is 0 Å². The van der Waals surface area contributed by atoms with E-state index in [0.29, 0.717) is 5.76 Å². The molecule has 0 saturated carbocycles. The Morgan fingerprint density at radius 2 is 1.81 bits per heavy atom. The fourth-order valence-corrected chi connectivity index (χ4v) is 5.05. The molecule has 1 unspecified atom stereocenters. The van der Waals surface area contributed by atoms with Crippen LogP contribution in [0.5, 0.6) is 0 Å². The maximum Gasteiger partial charge on any atom is 0.262 e. The number of nitrogens with one attached hydrogen (secondary N) is 2. The Morgan fingerprint density at radius 1 is 1.05 bits per heavy atom. The summed E-state index contributed by atoms with van der Waals surface area (Å²) in [5, 5.41) is 57.1. The number of rotatable bonds is 9. The minimum Gasteiger partial charge on any atom is -0.457 e. The van der Waals surface area contributed by atoms with Gasteiger partial charge in [0, 0.05) is 43.5 Å². The molecule has 2 aliphatic rings. The van der Waals surface area contributed by atoms with Gasteiger partial charge in [0.25, 0.3) is 5.91 Å². The zero-order valence-electron chi connectivity index (χ0n) is 22.8. The van der Waals surface area contributed by atoms with Gasteiger partial charge in [-0.15, -0.1) is 0 Å². The fourth-order valence-electron chi connectivity index (χ4n) is 5.05. The van der Waals surface area contributed by atoms with E-state index in [0.717, 1.165) is 61.4 Å². The van der Waals surface area contributed by atoms with Crippen molar-refractivity contribution in [3.05, 3.63) is 59.9 Å². The van der Waals surface area contributed by atoms with Gasteiger partial charge in [-0.1, -0.05) is 18.2 Å². The molecule has 12 heteroatoms. The smallest absolute Gasteiger partial charge is 0.262 e. The molecule has 12 nitrogen and oxygen atoms in total. The predicted molar refractivity (Wildman–Crippen MR) is 153 cm³/mol. The first kappa shape index (κ1) is 29.7. The summed E-state index contributed by atoms with van der Waals surface area (Å²) in [7, 11) is 0. The Hall–Kier alpha value is -3.80. The van der Waals surface area contributed by atoms with Gasteiger partial charge in [0.15, 0.2) is 6.29 Å². The van der Waals surface area contributed by atoms with Crippen LogP contribution in [0.4, 0.5) is 5.69 Å². The topological polar surface area (TPSA) is 181 Å². The zero-order chi connectivity index (χ0) is 29.6. The molecule has 0 spiro atoms. The number of hydrogen-bond acceptors (Lipinski definition) is 11. The van der Waals surface area contributed by atoms with Crippen LogP contribution in [-0.4, -0.2) is 108 Å². The molecule has 0 radical (unpaired) electrons. The number of aliphatic hydroxyl groups is 4. The van der Waals surface area contributed by atoms with Crippen molar-refractivity contribution in [3.8, 4) is 17.4 Å². The van der Waals surface area contributed by atoms with Crippen LogP contribution in [0, 0.1) is 11.3 Å². The number of benzene rings is 2. The molecule has 6 N–H and O–H groups in total. The van der Waals surface area contributed by atoms with Crippen molar-refractivity contribution in [1.82, 2.24) is 10.2 Å². The summed E-state index contributed by atoms with van der Waals surface area (Å²) in [6.07, 6.45) is -4.84. The third-order valence-corrected chi connectivity index (χ3v) is 7.46. The average molecular weight is 579 g/mol. The first-order chi connectivity index (χ1) is 20.4. The van der Waals surface area contributed by atoms with Gasteiger partial charge in [-0.05, 0) is 41.1 Å². The Kier molecular flexibility index (Phi) is 9.51. The number of hydrogen-bond donors (Lipinski definition) is 6. The van der Waals surface area contributed by atoms with E-state index in [1.165, 1.54) is 6.08 Å². The van der Waals surface area contributed by atoms with Gasteiger partial charge in [0.05, 0.1) is 19.8 Å². The van der Waals surface area contributed by atoms with Crippen molar-refractivity contribution in [1.29, 1.82) is 5.26 Å². The highest BCUT2D eigenvalue weighted by Gasteiger charge is 2.44. The van der Waals surface area contributed by atoms with Crippen LogP contribution < -0.4 is 10.6 Å². The van der Waals surface area contributed by atoms with Crippen LogP contribution in [0.15, 0.2) is 58.5 Å². The van der Waals surface area contributed by atoms with E-state index >= 15 is 0 Å². The van der Waals surface area contributed by atoms with E-state index in [-0.39, 0.29) is 11.3 Å². The Bertz CT molecular complexity index is 1460. The molecule has 42 heavy (non-hydrogen) atoms. The zero-order valence-corrected chi connectivity index (χ0v) is 22.8. The van der Waals surface area contributed by atoms with Crippen molar-refractivity contribution in [2.75, 3.05) is 51.3 Å². The van der Waals surface area contributed by atoms with Crippen molar-refractivity contribution in [2.45, 2.75) is 30.6 Å². The molecule has 1 aromatic heterocycles. The summed E-state index contributed by atoms with van der Waals surface area (Å²) in [5.41, 5.74) is 1.51. The molecular weight excluding hydrogens is 544 g/mol. The van der Waals surface area contributed by atoms with Crippen molar-refractivity contribution in [3.63, 3.8) is 0 Å². The quantitative estimate of drug-likeness (QED) is 0.155. The van der Waals surface area contributed by atoms with E-state index in [1.807, 2.05) is 30.3 Å². The summed E-state index contributed by atoms with van der Waals surface area (Å²) in [5.74, 6) is -0.118. The number of nitriles is 1. The highest BCUT2D eigenvalue weighted by molar-refractivity contribution is 6.01. The summed E-state index contributed by atoms with van der Waals surface area (Å²) in [4.78, 5) is 15.1. The second kappa shape index (κ2) is 13.5. The van der Waals surface area contributed by atoms with Gasteiger partial charge < -0.3 is 45.0 Å². The molecule has 2 saturated heterocycles. The van der Waals surface area contributed by atoms with Crippen LogP contribution in [0.2, 0.25) is 0 Å². The Balaban J connectivity index is 1.23. The van der Waals surface area contributed by atoms with E-state index in [2.05, 4.69) is 21.6 Å². The molecule has 2 aliphatic heterocycles. The predicted octanol–water partition coefficient (Wildman–Crippen LogP) is 0.667. The highest BCUT2D eigenvalue weighted by atomic mass is 16.6. The molecule has 2 fully saturated rings. The lowest BCUT2D eigenvalue weighted by atomic mass is 9.97. The van der Waals surface area contributed by atoms with Crippen LogP contribution in [0.25, 0.3) is 28.2 Å². The number of ether oxygens (including phenoxy) is 2. The number of furan rings is 1. The number of morpholine rings is 1. The minimum absolute atomic E-state index is 0.248. The molecule has 5 atom stereocenters. The molecule has 1 amide bonds. The number of carbonyl (C=O) groups excluding carboxylic acids is 1. The van der Waals surface area contributed by atoms with Gasteiger partial charge in [-0.2, -0.15) is 5.26 Å². The van der Waals surface area contributed by atoms with Gasteiger partial charge in [0.1, 0.15) is 47.5 Å². The van der Waals surface area contributed by atoms with E-state index in [1.54, 1.807) is 18.2 Å². The molecular formula is C30H34N4O8. The monoisotopic (exact) mass is 578 g/mol. The number of aliphatic hydroxyl groups excluding tert-OH is 4. The summed E-state index contributed by atoms with van der Waals surface area (Å²) in [6.45, 7) is 4.65. The molecule has 0 aliphatic carbocycles. The molecule has 5 rings (SSSR count). The number of amides is 1. The number of carbonyl (C=O) groups is 1. The lowest BCUT2D eigenvalue weighted by Crippen LogP contribution is -2.64. The highest BCUT2D eigenvalue weighted by Crippen LogP contribution is 2.28. The van der Waals surface area contributed by atoms with Gasteiger partial charge in [-0.3, -0.25) is 9.69 Å². The molecule has 0 bridgehead atoms. The summed E-state index contributed by atoms with van der Waals surface area (Å²) in [6, 6.07) is 15.8. The molecule has 2 aromatic carbocycles. The molecule has 3 heterocycles. The third kappa shape index (κ3) is 6.80. The first-order valence-electron chi connectivity index (χ1n) is 13.8. The largest absolute Gasteiger partial charge is 0.457 e. The maximum absolute atomic E-state index is 12.7. The van der Waals surface area contributed by atoms with Crippen LogP contribution >= 0.6 is 0 Å². The van der Waals surface area contributed by atoms with E-state index < -0.39 is 43.2 Å². The normalized spacial score (nSPS) is 25.2. The fraction of sp³-hybridized carbons (Fsp3) is 0.400. The van der Waals surface area contributed by atoms with Crippen LogP contribution in [0.3, 0.4) is 0 Å². The molecule has 3 aromatic rings. The molecule has 222 valence electrons. The summed E-state index contributed by atoms with van der Waals surface area (Å²) >= 11 is 0. The van der Waals surface area contributed by atoms with E-state index in [4.69, 9.17) is 13.9 Å². The second-order valence-corrected chi connectivity index (χ2v) is 10.3. The lowest BCUT2D eigenvalue weighted by Gasteiger charge is -2.40. The van der Waals surface area contributed by atoms with Crippen molar-refractivity contribution < 1.29 is 39.1 Å². The third-order valence-electron chi connectivity index (χ3n) is 7.46. The lowest BCUT2D eigenvalue weighted by molar-refractivity contribution is -0.253. The number of fused-ring (bicyclic) bond motifs is 1. The Labute approximate surface area is 242 Å². The maximum atomic E-state index is 12.7. The SMILES string of the molecule is N#C/C(=C\c1ccc(-c2ccc3cc(NCCN4CCOCC4)ccc3c2)o1)C(=O)N[C@H]1C(O)O[C@H](CO)[C@@H](O)[C@@H]1O. The average Bonchev–Trinajstić information content (AvgIpc) is 3.48. The van der Waals surface area contributed by atoms with E-state index in [9.17, 15) is 30.5 Å². The standard InChI is InChI=1S/C30H34N4O8/c31-16-21(29(38)33-26-28(37)27(36)25(17-35)42-30(26)39)15-23-5-6-24(41-23)20-2-1-19-14-22(4-3-18(19)13-20)32-7-8-34-9-11-40-12-10-34/h1-6,13-15,25-28,30,32,35-37,39H,7-12,17H2,(H,33,38)/b21-15+/t25-,26-,27-,28-,30?/m1/s1. The van der Waals surface area contributed by atoms with Crippen LogP contribution in [-0.2, 0) is 14.3 Å². The first-order valence-corrected chi connectivity index (χ1v) is 13.8. The Morgan fingerprint density at radius 3 is 2.57 bits per heavy atom. The minimum atomic E-state index is -1.70. The number of anilines is 1. The second-order valence-electron chi connectivity index (χ2n) is 10.3. The number of nitrogens with zero attached hydrogens (tertiary/aromatic N) is 2. The van der Waals surface area contributed by atoms with Gasteiger partial charge in [0.2, 0.25) is 0 Å². The van der Waals surface area contributed by atoms with Crippen molar-refractivity contribution >= 4 is 28.4 Å². The van der Waals surface area contributed by atoms with Gasteiger partial charge >= 0.3 is 0 Å².